The minimum absolute atomic E-state index is 0.0388. The molecule has 0 aliphatic carbocycles. The number of hydrogen-bond donors (Lipinski definition) is 1. The van der Waals surface area contributed by atoms with Crippen molar-refractivity contribution in [1.82, 2.24) is 4.98 Å². The van der Waals surface area contributed by atoms with E-state index in [2.05, 4.69) is 20.9 Å². The first-order chi connectivity index (χ1) is 4.74. The molecule has 1 rings (SSSR count). The van der Waals surface area contributed by atoms with Gasteiger partial charge in [0.15, 0.2) is 5.75 Å². The van der Waals surface area contributed by atoms with Crippen molar-refractivity contribution in [3.05, 3.63) is 16.7 Å². The number of nitrogens with zero attached hydrogens (tertiary/aromatic N) is 1. The Morgan fingerprint density at radius 2 is 2.40 bits per heavy atom. The van der Waals surface area contributed by atoms with Crippen molar-refractivity contribution in [3.8, 4) is 11.6 Å². The lowest BCUT2D eigenvalue weighted by atomic mass is 10.4. The molecule has 0 radical (unpaired) electrons. The summed E-state index contributed by atoms with van der Waals surface area (Å²) in [6.45, 7) is 0. The lowest BCUT2D eigenvalue weighted by Crippen LogP contribution is -1.86. The van der Waals surface area contributed by atoms with Crippen LogP contribution in [0.3, 0.4) is 0 Å². The standard InChI is InChI=1S/C6H6BrNO2/c1-10-6-5(9)2-4(7)3-8-6/h2-3,9H,1H3. The zero-order chi connectivity index (χ0) is 7.56. The summed E-state index contributed by atoms with van der Waals surface area (Å²) >= 11 is 3.15. The molecular weight excluding hydrogens is 198 g/mol. The molecule has 0 fully saturated rings. The fraction of sp³-hybridized carbons (Fsp3) is 0.167. The van der Waals surface area contributed by atoms with Crippen LogP contribution in [0.5, 0.6) is 11.6 Å². The zero-order valence-electron chi connectivity index (χ0n) is 5.34. The van der Waals surface area contributed by atoms with Crippen LogP contribution in [0.2, 0.25) is 0 Å². The van der Waals surface area contributed by atoms with E-state index < -0.39 is 0 Å². The van der Waals surface area contributed by atoms with Gasteiger partial charge in [0, 0.05) is 16.7 Å². The summed E-state index contributed by atoms with van der Waals surface area (Å²) in [5.74, 6) is 0.278. The van der Waals surface area contributed by atoms with Crippen LogP contribution in [0, 0.1) is 0 Å². The summed E-state index contributed by atoms with van der Waals surface area (Å²) in [5.41, 5.74) is 0. The van der Waals surface area contributed by atoms with Gasteiger partial charge in [0.2, 0.25) is 0 Å². The van der Waals surface area contributed by atoms with Crippen molar-refractivity contribution >= 4 is 15.9 Å². The highest BCUT2D eigenvalue weighted by atomic mass is 79.9. The fourth-order valence-electron chi connectivity index (χ4n) is 0.573. The molecule has 4 heteroatoms. The minimum atomic E-state index is 0.0388. The van der Waals surface area contributed by atoms with Crippen LogP contribution < -0.4 is 4.74 Å². The second kappa shape index (κ2) is 2.88. The molecule has 54 valence electrons. The molecule has 0 bridgehead atoms. The van der Waals surface area contributed by atoms with Gasteiger partial charge in [-0.15, -0.1) is 0 Å². The average molecular weight is 204 g/mol. The number of aromatic nitrogens is 1. The van der Waals surface area contributed by atoms with Crippen LogP contribution in [0.15, 0.2) is 16.7 Å². The third-order valence-corrected chi connectivity index (χ3v) is 1.43. The first-order valence-corrected chi connectivity index (χ1v) is 3.42. The second-order valence-electron chi connectivity index (χ2n) is 1.68. The Bertz CT molecular complexity index is 239. The van der Waals surface area contributed by atoms with Gasteiger partial charge in [-0.3, -0.25) is 0 Å². The van der Waals surface area contributed by atoms with Gasteiger partial charge in [0.05, 0.1) is 7.11 Å². The predicted molar refractivity (Wildman–Crippen MR) is 40.2 cm³/mol. The van der Waals surface area contributed by atoms with Gasteiger partial charge in [-0.1, -0.05) is 0 Å². The molecular formula is C6H6BrNO2. The largest absolute Gasteiger partial charge is 0.503 e. The first-order valence-electron chi connectivity index (χ1n) is 2.62. The summed E-state index contributed by atoms with van der Waals surface area (Å²) < 4.78 is 5.45. The normalized spacial score (nSPS) is 9.40. The molecule has 0 saturated carbocycles. The summed E-state index contributed by atoms with van der Waals surface area (Å²) in [6, 6.07) is 1.52. The monoisotopic (exact) mass is 203 g/mol. The van der Waals surface area contributed by atoms with Crippen LogP contribution in [-0.4, -0.2) is 17.2 Å². The number of aromatic hydroxyl groups is 1. The van der Waals surface area contributed by atoms with E-state index in [1.165, 1.54) is 13.2 Å². The van der Waals surface area contributed by atoms with Gasteiger partial charge in [-0.2, -0.15) is 0 Å². The summed E-state index contributed by atoms with van der Waals surface area (Å²) in [4.78, 5) is 3.78. The molecule has 0 aromatic carbocycles. The molecule has 1 aromatic rings. The summed E-state index contributed by atoms with van der Waals surface area (Å²) in [5, 5.41) is 9.07. The molecule has 10 heavy (non-hydrogen) atoms. The molecule has 1 aromatic heterocycles. The topological polar surface area (TPSA) is 42.4 Å². The Hall–Kier alpha value is -0.770. The molecule has 0 aliphatic heterocycles. The smallest absolute Gasteiger partial charge is 0.256 e. The Labute approximate surface area is 66.8 Å². The SMILES string of the molecule is COc1ncc(Br)cc1O. The van der Waals surface area contributed by atoms with Gasteiger partial charge < -0.3 is 9.84 Å². The molecule has 1 N–H and O–H groups in total. The highest BCUT2D eigenvalue weighted by Crippen LogP contribution is 2.25. The quantitative estimate of drug-likeness (QED) is 0.754. The number of hydrogen-bond acceptors (Lipinski definition) is 3. The van der Waals surface area contributed by atoms with Gasteiger partial charge >= 0.3 is 0 Å². The maximum atomic E-state index is 9.07. The lowest BCUT2D eigenvalue weighted by Gasteiger charge is -1.99. The molecule has 3 nitrogen and oxygen atoms in total. The molecule has 0 amide bonds. The van der Waals surface area contributed by atoms with Crippen molar-refractivity contribution in [1.29, 1.82) is 0 Å². The van der Waals surface area contributed by atoms with Crippen LogP contribution in [0.25, 0.3) is 0 Å². The lowest BCUT2D eigenvalue weighted by molar-refractivity contribution is 0.358. The van der Waals surface area contributed by atoms with Crippen LogP contribution in [0.1, 0.15) is 0 Å². The predicted octanol–water partition coefficient (Wildman–Crippen LogP) is 1.56. The molecule has 0 atom stereocenters. The number of pyridine rings is 1. The van der Waals surface area contributed by atoms with Crippen LogP contribution in [0.4, 0.5) is 0 Å². The molecule has 1 heterocycles. The zero-order valence-corrected chi connectivity index (χ0v) is 6.92. The molecule has 0 saturated heterocycles. The van der Waals surface area contributed by atoms with E-state index in [-0.39, 0.29) is 11.6 Å². The van der Waals surface area contributed by atoms with E-state index in [9.17, 15) is 0 Å². The summed E-state index contributed by atoms with van der Waals surface area (Å²) in [6.07, 6.45) is 1.55. The maximum absolute atomic E-state index is 9.07. The van der Waals surface area contributed by atoms with Gasteiger partial charge in [-0.05, 0) is 15.9 Å². The van der Waals surface area contributed by atoms with Crippen LogP contribution in [-0.2, 0) is 0 Å². The van der Waals surface area contributed by atoms with Crippen molar-refractivity contribution < 1.29 is 9.84 Å². The highest BCUT2D eigenvalue weighted by Gasteiger charge is 2.00. The Morgan fingerprint density at radius 3 is 2.90 bits per heavy atom. The minimum Gasteiger partial charge on any atom is -0.503 e. The number of halogens is 1. The maximum Gasteiger partial charge on any atom is 0.256 e. The molecule has 0 unspecified atom stereocenters. The van der Waals surface area contributed by atoms with E-state index in [4.69, 9.17) is 9.84 Å². The van der Waals surface area contributed by atoms with E-state index in [0.29, 0.717) is 0 Å². The number of ether oxygens (including phenoxy) is 1. The number of methoxy groups -OCH3 is 1. The molecule has 0 spiro atoms. The Kier molecular flexibility index (Phi) is 2.11. The molecule has 0 aliphatic rings. The van der Waals surface area contributed by atoms with E-state index >= 15 is 0 Å². The third kappa shape index (κ3) is 1.39. The van der Waals surface area contributed by atoms with Crippen LogP contribution >= 0.6 is 15.9 Å². The Morgan fingerprint density at radius 1 is 1.70 bits per heavy atom. The summed E-state index contributed by atoms with van der Waals surface area (Å²) in [7, 11) is 1.45. The first kappa shape index (κ1) is 7.34. The van der Waals surface area contributed by atoms with Gasteiger partial charge in [0.1, 0.15) is 0 Å². The third-order valence-electron chi connectivity index (χ3n) is 0.992. The highest BCUT2D eigenvalue weighted by molar-refractivity contribution is 9.10. The van der Waals surface area contributed by atoms with Gasteiger partial charge in [0.25, 0.3) is 5.88 Å². The van der Waals surface area contributed by atoms with E-state index in [1.807, 2.05) is 0 Å². The van der Waals surface area contributed by atoms with Crippen molar-refractivity contribution in [2.75, 3.05) is 7.11 Å². The fourth-order valence-corrected chi connectivity index (χ4v) is 0.893. The van der Waals surface area contributed by atoms with Crippen molar-refractivity contribution in [3.63, 3.8) is 0 Å². The number of rotatable bonds is 1. The van der Waals surface area contributed by atoms with Gasteiger partial charge in [-0.25, -0.2) is 4.98 Å². The van der Waals surface area contributed by atoms with E-state index in [1.54, 1.807) is 6.20 Å². The second-order valence-corrected chi connectivity index (χ2v) is 2.60. The van der Waals surface area contributed by atoms with E-state index in [0.717, 1.165) is 4.47 Å². The Balaban J connectivity index is 3.07. The van der Waals surface area contributed by atoms with Crippen molar-refractivity contribution in [2.45, 2.75) is 0 Å². The van der Waals surface area contributed by atoms with Crippen molar-refractivity contribution in [2.24, 2.45) is 0 Å². The average Bonchev–Trinajstić information content (AvgIpc) is 1.88.